The molecule has 1 aromatic heterocycles. The fraction of sp³-hybridized carbons (Fsp3) is 0.471. The van der Waals surface area contributed by atoms with Crippen LogP contribution in [-0.2, 0) is 6.42 Å². The summed E-state index contributed by atoms with van der Waals surface area (Å²) in [6.45, 7) is 8.83. The standard InChI is InChI=1S/C17H23N3/c1-11-5-12(2)7-13(6-11)20-16-9-17(3,4)8-15(18)14(16)10-19-20/h5-7,10,15H,8-9,18H2,1-4H3. The van der Waals surface area contributed by atoms with Gasteiger partial charge in [-0.15, -0.1) is 0 Å². The van der Waals surface area contributed by atoms with E-state index in [1.54, 1.807) is 0 Å². The first-order valence-corrected chi connectivity index (χ1v) is 7.27. The Morgan fingerprint density at radius 2 is 1.85 bits per heavy atom. The Hall–Kier alpha value is -1.61. The van der Waals surface area contributed by atoms with E-state index in [4.69, 9.17) is 5.73 Å². The van der Waals surface area contributed by atoms with E-state index < -0.39 is 0 Å². The van der Waals surface area contributed by atoms with Crippen molar-refractivity contribution in [3.05, 3.63) is 46.8 Å². The van der Waals surface area contributed by atoms with E-state index >= 15 is 0 Å². The van der Waals surface area contributed by atoms with Crippen LogP contribution in [0.1, 0.15) is 48.7 Å². The number of hydrogen-bond acceptors (Lipinski definition) is 2. The zero-order chi connectivity index (χ0) is 14.5. The Bertz CT molecular complexity index is 632. The fourth-order valence-electron chi connectivity index (χ4n) is 3.40. The number of fused-ring (bicyclic) bond motifs is 1. The van der Waals surface area contributed by atoms with Crippen molar-refractivity contribution in [3.63, 3.8) is 0 Å². The van der Waals surface area contributed by atoms with Crippen LogP contribution in [0, 0.1) is 19.3 Å². The normalized spacial score (nSPS) is 20.8. The highest BCUT2D eigenvalue weighted by Crippen LogP contribution is 2.40. The van der Waals surface area contributed by atoms with Gasteiger partial charge in [0, 0.05) is 17.3 Å². The molecule has 0 spiro atoms. The SMILES string of the molecule is Cc1cc(C)cc(-n2ncc3c2CC(C)(C)CC3N)c1. The van der Waals surface area contributed by atoms with E-state index in [2.05, 4.69) is 55.7 Å². The Morgan fingerprint density at radius 3 is 2.50 bits per heavy atom. The van der Waals surface area contributed by atoms with Gasteiger partial charge >= 0.3 is 0 Å². The summed E-state index contributed by atoms with van der Waals surface area (Å²) in [5, 5.41) is 4.60. The van der Waals surface area contributed by atoms with Gasteiger partial charge in [0.2, 0.25) is 0 Å². The highest BCUT2D eigenvalue weighted by molar-refractivity contribution is 5.42. The Labute approximate surface area is 120 Å². The first-order valence-electron chi connectivity index (χ1n) is 7.27. The molecule has 0 amide bonds. The predicted molar refractivity (Wildman–Crippen MR) is 82.1 cm³/mol. The van der Waals surface area contributed by atoms with Gasteiger partial charge in [-0.2, -0.15) is 5.10 Å². The number of hydrogen-bond donors (Lipinski definition) is 1. The van der Waals surface area contributed by atoms with E-state index in [1.165, 1.54) is 22.4 Å². The molecule has 20 heavy (non-hydrogen) atoms. The van der Waals surface area contributed by atoms with Crippen molar-refractivity contribution in [2.45, 2.75) is 46.6 Å². The molecule has 3 rings (SSSR count). The lowest BCUT2D eigenvalue weighted by Crippen LogP contribution is -2.30. The monoisotopic (exact) mass is 269 g/mol. The first-order chi connectivity index (χ1) is 9.35. The summed E-state index contributed by atoms with van der Waals surface area (Å²) in [5.41, 5.74) is 12.7. The maximum Gasteiger partial charge on any atom is 0.0654 e. The Balaban J connectivity index is 2.13. The van der Waals surface area contributed by atoms with Crippen molar-refractivity contribution in [2.75, 3.05) is 0 Å². The van der Waals surface area contributed by atoms with Gasteiger partial charge < -0.3 is 5.73 Å². The molecule has 2 aromatic rings. The van der Waals surface area contributed by atoms with Crippen LogP contribution in [0.2, 0.25) is 0 Å². The first kappa shape index (κ1) is 13.4. The Kier molecular flexibility index (Phi) is 2.98. The second kappa shape index (κ2) is 4.45. The minimum Gasteiger partial charge on any atom is -0.324 e. The van der Waals surface area contributed by atoms with Gasteiger partial charge in [0.1, 0.15) is 0 Å². The van der Waals surface area contributed by atoms with E-state index in [1.807, 2.05) is 6.20 Å². The molecular weight excluding hydrogens is 246 g/mol. The lowest BCUT2D eigenvalue weighted by molar-refractivity contribution is 0.278. The second-order valence-corrected chi connectivity index (χ2v) is 6.96. The van der Waals surface area contributed by atoms with Crippen LogP contribution in [0.5, 0.6) is 0 Å². The van der Waals surface area contributed by atoms with Crippen LogP contribution in [0.15, 0.2) is 24.4 Å². The average molecular weight is 269 g/mol. The fourth-order valence-corrected chi connectivity index (χ4v) is 3.40. The van der Waals surface area contributed by atoms with Gasteiger partial charge in [0.15, 0.2) is 0 Å². The summed E-state index contributed by atoms with van der Waals surface area (Å²) in [6, 6.07) is 6.67. The molecule has 1 unspecified atom stereocenters. The van der Waals surface area contributed by atoms with Gasteiger partial charge in [-0.1, -0.05) is 19.9 Å². The van der Waals surface area contributed by atoms with Crippen LogP contribution in [0.4, 0.5) is 0 Å². The summed E-state index contributed by atoms with van der Waals surface area (Å²) in [7, 11) is 0. The second-order valence-electron chi connectivity index (χ2n) is 6.96. The molecule has 1 heterocycles. The summed E-state index contributed by atoms with van der Waals surface area (Å²) in [5.74, 6) is 0. The highest BCUT2D eigenvalue weighted by Gasteiger charge is 2.33. The third-order valence-corrected chi connectivity index (χ3v) is 4.17. The molecule has 0 aliphatic heterocycles. The molecular formula is C17H23N3. The van der Waals surface area contributed by atoms with Gasteiger partial charge in [-0.05, 0) is 55.4 Å². The molecule has 1 aliphatic rings. The summed E-state index contributed by atoms with van der Waals surface area (Å²) in [6.07, 6.45) is 4.01. The quantitative estimate of drug-likeness (QED) is 0.861. The van der Waals surface area contributed by atoms with Gasteiger partial charge in [-0.3, -0.25) is 0 Å². The molecule has 0 fully saturated rings. The van der Waals surface area contributed by atoms with Crippen LogP contribution in [0.25, 0.3) is 5.69 Å². The zero-order valence-corrected chi connectivity index (χ0v) is 12.8. The number of benzene rings is 1. The Morgan fingerprint density at radius 1 is 1.20 bits per heavy atom. The predicted octanol–water partition coefficient (Wildman–Crippen LogP) is 3.46. The third kappa shape index (κ3) is 2.27. The maximum atomic E-state index is 6.32. The van der Waals surface area contributed by atoms with Crippen LogP contribution in [-0.4, -0.2) is 9.78 Å². The highest BCUT2D eigenvalue weighted by atomic mass is 15.3. The lowest BCUT2D eigenvalue weighted by Gasteiger charge is -2.33. The number of aryl methyl sites for hydroxylation is 2. The number of nitrogens with two attached hydrogens (primary N) is 1. The van der Waals surface area contributed by atoms with Gasteiger partial charge in [-0.25, -0.2) is 4.68 Å². The van der Waals surface area contributed by atoms with Gasteiger partial charge in [0.25, 0.3) is 0 Å². The molecule has 2 N–H and O–H groups in total. The topological polar surface area (TPSA) is 43.8 Å². The van der Waals surface area contributed by atoms with Crippen LogP contribution >= 0.6 is 0 Å². The molecule has 1 aliphatic carbocycles. The van der Waals surface area contributed by atoms with Crippen LogP contribution < -0.4 is 5.73 Å². The van der Waals surface area contributed by atoms with E-state index in [0.717, 1.165) is 18.5 Å². The third-order valence-electron chi connectivity index (χ3n) is 4.17. The van der Waals surface area contributed by atoms with E-state index in [9.17, 15) is 0 Å². The molecule has 0 saturated heterocycles. The molecule has 0 saturated carbocycles. The lowest BCUT2D eigenvalue weighted by atomic mass is 9.74. The molecule has 1 atom stereocenters. The van der Waals surface area contributed by atoms with Crippen molar-refractivity contribution in [3.8, 4) is 5.69 Å². The molecule has 0 bridgehead atoms. The van der Waals surface area contributed by atoms with Crippen molar-refractivity contribution in [1.82, 2.24) is 9.78 Å². The molecule has 1 aromatic carbocycles. The summed E-state index contributed by atoms with van der Waals surface area (Å²) < 4.78 is 2.08. The average Bonchev–Trinajstić information content (AvgIpc) is 2.69. The summed E-state index contributed by atoms with van der Waals surface area (Å²) in [4.78, 5) is 0. The number of aromatic nitrogens is 2. The smallest absolute Gasteiger partial charge is 0.0654 e. The van der Waals surface area contributed by atoms with Crippen LogP contribution in [0.3, 0.4) is 0 Å². The zero-order valence-electron chi connectivity index (χ0n) is 12.8. The number of rotatable bonds is 1. The van der Waals surface area contributed by atoms with E-state index in [0.29, 0.717) is 0 Å². The molecule has 106 valence electrons. The van der Waals surface area contributed by atoms with Crippen molar-refractivity contribution in [1.29, 1.82) is 0 Å². The minimum atomic E-state index is 0.105. The summed E-state index contributed by atoms with van der Waals surface area (Å²) >= 11 is 0. The largest absolute Gasteiger partial charge is 0.324 e. The van der Waals surface area contributed by atoms with E-state index in [-0.39, 0.29) is 11.5 Å². The molecule has 3 heteroatoms. The minimum absolute atomic E-state index is 0.105. The van der Waals surface area contributed by atoms with Crippen molar-refractivity contribution >= 4 is 0 Å². The van der Waals surface area contributed by atoms with Gasteiger partial charge in [0.05, 0.1) is 11.9 Å². The van der Waals surface area contributed by atoms with Crippen molar-refractivity contribution in [2.24, 2.45) is 11.1 Å². The molecule has 3 nitrogen and oxygen atoms in total. The number of nitrogens with zero attached hydrogens (tertiary/aromatic N) is 2. The van der Waals surface area contributed by atoms with Crippen molar-refractivity contribution < 1.29 is 0 Å². The maximum absolute atomic E-state index is 6.32. The molecule has 0 radical (unpaired) electrons.